The third kappa shape index (κ3) is 9.14. The summed E-state index contributed by atoms with van der Waals surface area (Å²) in [5.41, 5.74) is 3.58. The molecule has 12 heteroatoms. The second-order valence-corrected chi connectivity index (χ2v) is 14.9. The number of aromatic nitrogens is 1. The Balaban J connectivity index is 1.34. The molecule has 0 unspecified atom stereocenters. The van der Waals surface area contributed by atoms with Crippen LogP contribution in [0.25, 0.3) is 10.8 Å². The van der Waals surface area contributed by atoms with Crippen molar-refractivity contribution >= 4 is 32.8 Å². The van der Waals surface area contributed by atoms with Crippen molar-refractivity contribution < 1.29 is 32.3 Å². The van der Waals surface area contributed by atoms with Crippen molar-refractivity contribution in [3.8, 4) is 5.75 Å². The molecule has 260 valence electrons. The number of carbonyl (C=O) groups is 2. The number of pyridine rings is 1. The van der Waals surface area contributed by atoms with Gasteiger partial charge in [-0.2, -0.15) is 4.31 Å². The van der Waals surface area contributed by atoms with Crippen LogP contribution in [0.2, 0.25) is 0 Å². The zero-order chi connectivity index (χ0) is 35.0. The van der Waals surface area contributed by atoms with E-state index in [2.05, 4.69) is 28.7 Å². The number of rotatable bonds is 12. The molecule has 1 atom stereocenters. The number of hydroxylamine groups is 1. The minimum atomic E-state index is -4.22. The van der Waals surface area contributed by atoms with Crippen molar-refractivity contribution in [3.05, 3.63) is 102 Å². The SMILES string of the molecule is COc1ccc(S(=O)(=O)N(Cc2ccncc2)[C@@H](C(=O)NOC(C)(C)C)C2CCN(C(=O)OCCc3cccc4ccccc34)CC2)cc1. The Morgan fingerprint density at radius 3 is 2.31 bits per heavy atom. The maximum absolute atomic E-state index is 14.4. The van der Waals surface area contributed by atoms with Crippen LogP contribution in [0.3, 0.4) is 0 Å². The molecule has 2 amide bonds. The number of hydrogen-bond donors (Lipinski definition) is 1. The number of methoxy groups -OCH3 is 1. The van der Waals surface area contributed by atoms with Gasteiger partial charge in [-0.1, -0.05) is 42.5 Å². The molecule has 0 spiro atoms. The van der Waals surface area contributed by atoms with Crippen LogP contribution in [0.4, 0.5) is 4.79 Å². The molecule has 3 aromatic carbocycles. The first kappa shape index (κ1) is 35.8. The molecule has 1 aliphatic rings. The number of ether oxygens (including phenoxy) is 2. The Morgan fingerprint density at radius 1 is 0.959 bits per heavy atom. The molecule has 2 heterocycles. The molecule has 0 bridgehead atoms. The average Bonchev–Trinajstić information content (AvgIpc) is 3.11. The molecule has 11 nitrogen and oxygen atoms in total. The van der Waals surface area contributed by atoms with Crippen molar-refractivity contribution in [1.82, 2.24) is 19.7 Å². The highest BCUT2D eigenvalue weighted by atomic mass is 32.2. The van der Waals surface area contributed by atoms with E-state index < -0.39 is 39.6 Å². The number of likely N-dealkylation sites (tertiary alicyclic amines) is 1. The number of hydrogen-bond acceptors (Lipinski definition) is 8. The van der Waals surface area contributed by atoms with Crippen molar-refractivity contribution in [2.75, 3.05) is 26.8 Å². The van der Waals surface area contributed by atoms with Crippen LogP contribution in [-0.4, -0.2) is 73.1 Å². The van der Waals surface area contributed by atoms with Crippen LogP contribution in [-0.2, 0) is 37.4 Å². The third-order valence-corrected chi connectivity index (χ3v) is 10.4. The monoisotopic (exact) mass is 688 g/mol. The summed E-state index contributed by atoms with van der Waals surface area (Å²) in [6.45, 7) is 6.10. The number of amides is 2. The highest BCUT2D eigenvalue weighted by Crippen LogP contribution is 2.31. The number of fused-ring (bicyclic) bond motifs is 1. The van der Waals surface area contributed by atoms with Crippen LogP contribution in [0, 0.1) is 5.92 Å². The van der Waals surface area contributed by atoms with Crippen molar-refractivity contribution in [1.29, 1.82) is 0 Å². The van der Waals surface area contributed by atoms with Crippen LogP contribution in [0.5, 0.6) is 5.75 Å². The molecule has 1 saturated heterocycles. The second-order valence-electron chi connectivity index (χ2n) is 13.0. The lowest BCUT2D eigenvalue weighted by Crippen LogP contribution is -2.56. The first-order chi connectivity index (χ1) is 23.5. The third-order valence-electron chi connectivity index (χ3n) is 8.51. The molecular weight excluding hydrogens is 644 g/mol. The van der Waals surface area contributed by atoms with Gasteiger partial charge < -0.3 is 14.4 Å². The van der Waals surface area contributed by atoms with E-state index in [1.54, 1.807) is 62.3 Å². The summed E-state index contributed by atoms with van der Waals surface area (Å²) in [5.74, 6) is -0.515. The predicted molar refractivity (Wildman–Crippen MR) is 186 cm³/mol. The molecule has 1 fully saturated rings. The van der Waals surface area contributed by atoms with Gasteiger partial charge in [0, 0.05) is 38.4 Å². The summed E-state index contributed by atoms with van der Waals surface area (Å²) in [7, 11) is -2.72. The van der Waals surface area contributed by atoms with Crippen molar-refractivity contribution in [2.45, 2.75) is 63.1 Å². The van der Waals surface area contributed by atoms with Crippen LogP contribution < -0.4 is 10.2 Å². The molecule has 0 aliphatic carbocycles. The molecule has 0 saturated carbocycles. The van der Waals surface area contributed by atoms with Gasteiger partial charge in [-0.15, -0.1) is 0 Å². The fraction of sp³-hybridized carbons (Fsp3) is 0.378. The Hall–Kier alpha value is -4.52. The van der Waals surface area contributed by atoms with Gasteiger partial charge in [-0.05, 0) is 97.8 Å². The number of piperidine rings is 1. The summed E-state index contributed by atoms with van der Waals surface area (Å²) >= 11 is 0. The molecule has 1 aliphatic heterocycles. The lowest BCUT2D eigenvalue weighted by molar-refractivity contribution is -0.151. The molecule has 5 rings (SSSR count). The Bertz CT molecular complexity index is 1820. The van der Waals surface area contributed by atoms with Crippen LogP contribution in [0.1, 0.15) is 44.7 Å². The zero-order valence-corrected chi connectivity index (χ0v) is 29.2. The molecule has 1 N–H and O–H groups in total. The Morgan fingerprint density at radius 2 is 1.63 bits per heavy atom. The quantitative estimate of drug-likeness (QED) is 0.187. The molecular formula is C37H44N4O7S. The van der Waals surface area contributed by atoms with Gasteiger partial charge in [0.25, 0.3) is 5.91 Å². The summed E-state index contributed by atoms with van der Waals surface area (Å²) < 4.78 is 40.9. The minimum absolute atomic E-state index is 0.0177. The summed E-state index contributed by atoms with van der Waals surface area (Å²) in [4.78, 5) is 38.5. The first-order valence-corrected chi connectivity index (χ1v) is 17.8. The Kier molecular flexibility index (Phi) is 11.5. The number of nitrogens with one attached hydrogen (secondary N) is 1. The van der Waals surface area contributed by atoms with E-state index in [1.807, 2.05) is 24.3 Å². The van der Waals surface area contributed by atoms with Crippen LogP contribution in [0.15, 0.2) is 96.2 Å². The summed E-state index contributed by atoms with van der Waals surface area (Å²) in [6.07, 6.45) is 4.04. The predicted octanol–water partition coefficient (Wildman–Crippen LogP) is 5.74. The molecule has 0 radical (unpaired) electrons. The fourth-order valence-corrected chi connectivity index (χ4v) is 7.61. The molecule has 1 aromatic heterocycles. The first-order valence-electron chi connectivity index (χ1n) is 16.4. The Labute approximate surface area is 288 Å². The van der Waals surface area contributed by atoms with Gasteiger partial charge in [-0.25, -0.2) is 18.7 Å². The largest absolute Gasteiger partial charge is 0.497 e. The van der Waals surface area contributed by atoms with E-state index in [9.17, 15) is 18.0 Å². The summed E-state index contributed by atoms with van der Waals surface area (Å²) in [5, 5.41) is 2.26. The van der Waals surface area contributed by atoms with E-state index in [0.717, 1.165) is 16.3 Å². The lowest BCUT2D eigenvalue weighted by atomic mass is 9.88. The second kappa shape index (κ2) is 15.8. The smallest absolute Gasteiger partial charge is 0.409 e. The highest BCUT2D eigenvalue weighted by molar-refractivity contribution is 7.89. The molecule has 49 heavy (non-hydrogen) atoms. The number of benzene rings is 3. The maximum Gasteiger partial charge on any atom is 0.409 e. The molecule has 4 aromatic rings. The van der Waals surface area contributed by atoms with E-state index in [4.69, 9.17) is 14.3 Å². The lowest BCUT2D eigenvalue weighted by Gasteiger charge is -2.39. The fourth-order valence-electron chi connectivity index (χ4n) is 5.98. The highest BCUT2D eigenvalue weighted by Gasteiger charge is 2.43. The van der Waals surface area contributed by atoms with Gasteiger partial charge in [0.15, 0.2) is 0 Å². The number of sulfonamides is 1. The van der Waals surface area contributed by atoms with E-state index in [1.165, 1.54) is 23.5 Å². The van der Waals surface area contributed by atoms with Gasteiger partial charge in [0.2, 0.25) is 10.0 Å². The normalized spacial score (nSPS) is 14.8. The average molecular weight is 689 g/mol. The van der Waals surface area contributed by atoms with Gasteiger partial charge in [-0.3, -0.25) is 14.6 Å². The van der Waals surface area contributed by atoms with E-state index in [-0.39, 0.29) is 18.0 Å². The van der Waals surface area contributed by atoms with E-state index >= 15 is 0 Å². The standard InChI is InChI=1S/C37H44N4O7S/c1-37(2,3)48-39-35(42)34(41(26-27-16-21-38-22-17-27)49(44,45)32-14-12-31(46-4)13-15-32)30-18-23-40(24-19-30)36(43)47-25-20-29-10-7-9-28-8-5-6-11-33(28)29/h5-17,21-22,30,34H,18-20,23-26H2,1-4H3,(H,39,42)/t34-/m1/s1. The van der Waals surface area contributed by atoms with Crippen LogP contribution >= 0.6 is 0 Å². The number of carbonyl (C=O) groups excluding carboxylic acids is 2. The topological polar surface area (TPSA) is 127 Å². The maximum atomic E-state index is 14.4. The van der Waals surface area contributed by atoms with Crippen molar-refractivity contribution in [2.24, 2.45) is 5.92 Å². The van der Waals surface area contributed by atoms with E-state index in [0.29, 0.717) is 43.7 Å². The zero-order valence-electron chi connectivity index (χ0n) is 28.4. The van der Waals surface area contributed by atoms with Gasteiger partial charge in [0.05, 0.1) is 24.2 Å². The van der Waals surface area contributed by atoms with Gasteiger partial charge in [0.1, 0.15) is 11.8 Å². The van der Waals surface area contributed by atoms with Gasteiger partial charge >= 0.3 is 6.09 Å². The number of nitrogens with zero attached hydrogens (tertiary/aromatic N) is 3. The minimum Gasteiger partial charge on any atom is -0.497 e. The summed E-state index contributed by atoms with van der Waals surface area (Å²) in [6, 6.07) is 22.5. The van der Waals surface area contributed by atoms with Crippen molar-refractivity contribution in [3.63, 3.8) is 0 Å².